The van der Waals surface area contributed by atoms with Gasteiger partial charge in [-0.05, 0) is 116 Å². The van der Waals surface area contributed by atoms with Crippen LogP contribution in [0.2, 0.25) is 0 Å². The first kappa shape index (κ1) is 23.2. The van der Waals surface area contributed by atoms with Gasteiger partial charge in [0.05, 0.1) is 13.0 Å². The van der Waals surface area contributed by atoms with Crippen LogP contribution in [0.4, 0.5) is 0 Å². The van der Waals surface area contributed by atoms with Crippen molar-refractivity contribution < 1.29 is 9.53 Å². The summed E-state index contributed by atoms with van der Waals surface area (Å²) in [4.78, 5) is 11.8. The summed E-state index contributed by atoms with van der Waals surface area (Å²) >= 11 is 0. The van der Waals surface area contributed by atoms with Gasteiger partial charge in [-0.15, -0.1) is 0 Å². The highest BCUT2D eigenvalue weighted by Crippen LogP contribution is 2.50. The fraction of sp³-hybridized carbons (Fsp3) is 0.516. The van der Waals surface area contributed by atoms with Crippen LogP contribution in [0.1, 0.15) is 111 Å². The highest BCUT2D eigenvalue weighted by molar-refractivity contribution is 5.77. The zero-order valence-electron chi connectivity index (χ0n) is 21.0. The minimum Gasteiger partial charge on any atom is -0.469 e. The van der Waals surface area contributed by atoms with Gasteiger partial charge in [0.25, 0.3) is 0 Å². The molecule has 3 aliphatic carbocycles. The zero-order chi connectivity index (χ0) is 23.9. The third-order valence-corrected chi connectivity index (χ3v) is 8.03. The maximum atomic E-state index is 11.8. The van der Waals surface area contributed by atoms with Gasteiger partial charge in [-0.1, -0.05) is 37.8 Å². The Morgan fingerprint density at radius 2 is 1.76 bits per heavy atom. The molecule has 178 valence electrons. The molecular formula is C31H37NO2. The van der Waals surface area contributed by atoms with Gasteiger partial charge in [0.2, 0.25) is 0 Å². The number of benzene rings is 2. The lowest BCUT2D eigenvalue weighted by Gasteiger charge is -2.39. The number of esters is 1. The molecule has 0 radical (unpaired) electrons. The third-order valence-electron chi connectivity index (χ3n) is 8.03. The smallest absolute Gasteiger partial charge is 0.312 e. The van der Waals surface area contributed by atoms with Gasteiger partial charge >= 0.3 is 5.97 Å². The molecule has 2 unspecified atom stereocenters. The second-order valence-corrected chi connectivity index (χ2v) is 11.2. The van der Waals surface area contributed by atoms with E-state index in [2.05, 4.69) is 43.1 Å². The van der Waals surface area contributed by atoms with Gasteiger partial charge < -0.3 is 10.1 Å². The minimum atomic E-state index is -0.266. The second-order valence-electron chi connectivity index (χ2n) is 11.2. The number of carbonyl (C=O) groups excluding carboxylic acids is 1. The van der Waals surface area contributed by atoms with Crippen molar-refractivity contribution in [2.45, 2.75) is 82.6 Å². The van der Waals surface area contributed by atoms with Crippen LogP contribution >= 0.6 is 0 Å². The van der Waals surface area contributed by atoms with E-state index < -0.39 is 0 Å². The van der Waals surface area contributed by atoms with Gasteiger partial charge in [0.15, 0.2) is 0 Å². The van der Waals surface area contributed by atoms with Crippen molar-refractivity contribution in [3.05, 3.63) is 69.8 Å². The Hall–Kier alpha value is -2.57. The first-order valence-electron chi connectivity index (χ1n) is 13.0. The van der Waals surface area contributed by atoms with E-state index in [0.29, 0.717) is 12.0 Å². The van der Waals surface area contributed by atoms with Crippen LogP contribution in [0.25, 0.3) is 0 Å². The van der Waals surface area contributed by atoms with Crippen molar-refractivity contribution in [3.8, 4) is 11.8 Å². The molecule has 3 nitrogen and oxygen atoms in total. The third kappa shape index (κ3) is 4.93. The monoisotopic (exact) mass is 455 g/mol. The van der Waals surface area contributed by atoms with Crippen molar-refractivity contribution in [2.24, 2.45) is 5.92 Å². The maximum Gasteiger partial charge on any atom is 0.312 e. The molecule has 0 saturated heterocycles. The molecule has 0 aromatic heterocycles. The van der Waals surface area contributed by atoms with Crippen LogP contribution in [0.5, 0.6) is 0 Å². The molecule has 0 amide bonds. The molecular weight excluding hydrogens is 418 g/mol. The number of hydrogen-bond acceptors (Lipinski definition) is 3. The Kier molecular flexibility index (Phi) is 6.30. The fourth-order valence-corrected chi connectivity index (χ4v) is 5.36. The number of fused-ring (bicyclic) bond motifs is 1. The van der Waals surface area contributed by atoms with E-state index in [4.69, 9.17) is 4.74 Å². The van der Waals surface area contributed by atoms with Crippen LogP contribution < -0.4 is 5.32 Å². The number of methoxy groups -OCH3 is 1. The van der Waals surface area contributed by atoms with Gasteiger partial charge in [0.1, 0.15) is 0 Å². The average molecular weight is 456 g/mol. The average Bonchev–Trinajstić information content (AvgIpc) is 3.75. The lowest BCUT2D eigenvalue weighted by Crippen LogP contribution is -2.34. The Labute approximate surface area is 204 Å². The van der Waals surface area contributed by atoms with E-state index in [1.807, 2.05) is 31.2 Å². The van der Waals surface area contributed by atoms with E-state index in [1.54, 1.807) is 11.1 Å². The lowest BCUT2D eigenvalue weighted by atomic mass is 9.68. The fourth-order valence-electron chi connectivity index (χ4n) is 5.36. The van der Waals surface area contributed by atoms with Crippen LogP contribution in [0.3, 0.4) is 0 Å². The van der Waals surface area contributed by atoms with Crippen molar-refractivity contribution >= 4 is 5.97 Å². The summed E-state index contributed by atoms with van der Waals surface area (Å²) in [5.74, 6) is 7.96. The molecule has 5 rings (SSSR count). The molecule has 0 spiro atoms. The van der Waals surface area contributed by atoms with E-state index in [9.17, 15) is 4.79 Å². The van der Waals surface area contributed by atoms with Gasteiger partial charge in [-0.2, -0.15) is 0 Å². The predicted molar refractivity (Wildman–Crippen MR) is 137 cm³/mol. The summed E-state index contributed by atoms with van der Waals surface area (Å²) in [5, 5.41) is 3.94. The lowest BCUT2D eigenvalue weighted by molar-refractivity contribution is -0.141. The molecule has 0 aliphatic heterocycles. The zero-order valence-corrected chi connectivity index (χ0v) is 21.0. The SMILES string of the molecule is COC(=O)C(C)c1ccc(C#Cc2cc(C3CC3)c3c(c2)C(C)(C)CCC3NCC2CC2)cc1. The molecule has 2 aromatic carbocycles. The summed E-state index contributed by atoms with van der Waals surface area (Å²) in [5.41, 5.74) is 7.87. The largest absolute Gasteiger partial charge is 0.469 e. The summed E-state index contributed by atoms with van der Waals surface area (Å²) < 4.78 is 4.87. The van der Waals surface area contributed by atoms with Crippen LogP contribution in [-0.2, 0) is 14.9 Å². The summed E-state index contributed by atoms with van der Waals surface area (Å²) in [6.07, 6.45) is 7.84. The minimum absolute atomic E-state index is 0.181. The van der Waals surface area contributed by atoms with E-state index in [1.165, 1.54) is 57.7 Å². The van der Waals surface area contributed by atoms with Crippen molar-refractivity contribution in [1.29, 1.82) is 0 Å². The normalized spacial score (nSPS) is 21.7. The van der Waals surface area contributed by atoms with Gasteiger partial charge in [-0.3, -0.25) is 4.79 Å². The molecule has 2 atom stereocenters. The Balaban J connectivity index is 1.44. The molecule has 0 bridgehead atoms. The van der Waals surface area contributed by atoms with Gasteiger partial charge in [-0.25, -0.2) is 0 Å². The van der Waals surface area contributed by atoms with Crippen LogP contribution in [-0.4, -0.2) is 19.6 Å². The van der Waals surface area contributed by atoms with Gasteiger partial charge in [0, 0.05) is 17.2 Å². The molecule has 2 saturated carbocycles. The Morgan fingerprint density at radius 1 is 1.06 bits per heavy atom. The Morgan fingerprint density at radius 3 is 2.41 bits per heavy atom. The first-order valence-corrected chi connectivity index (χ1v) is 13.0. The summed E-state index contributed by atoms with van der Waals surface area (Å²) in [7, 11) is 1.43. The van der Waals surface area contributed by atoms with E-state index in [0.717, 1.165) is 22.6 Å². The topological polar surface area (TPSA) is 38.3 Å². The number of nitrogens with one attached hydrogen (secondary N) is 1. The number of hydrogen-bond donors (Lipinski definition) is 1. The molecule has 0 heterocycles. The van der Waals surface area contributed by atoms with Crippen molar-refractivity contribution in [3.63, 3.8) is 0 Å². The number of ether oxygens (including phenoxy) is 1. The number of carbonyl (C=O) groups is 1. The van der Waals surface area contributed by atoms with Crippen molar-refractivity contribution in [1.82, 2.24) is 5.32 Å². The molecule has 34 heavy (non-hydrogen) atoms. The summed E-state index contributed by atoms with van der Waals surface area (Å²) in [6.45, 7) is 7.84. The highest BCUT2D eigenvalue weighted by Gasteiger charge is 2.38. The molecule has 2 fully saturated rings. The second kappa shape index (κ2) is 9.23. The van der Waals surface area contributed by atoms with Crippen molar-refractivity contribution in [2.75, 3.05) is 13.7 Å². The van der Waals surface area contributed by atoms with E-state index in [-0.39, 0.29) is 17.3 Å². The Bertz CT molecular complexity index is 1130. The summed E-state index contributed by atoms with van der Waals surface area (Å²) in [6, 6.07) is 13.2. The number of rotatable bonds is 6. The van der Waals surface area contributed by atoms with Crippen LogP contribution in [0, 0.1) is 17.8 Å². The highest BCUT2D eigenvalue weighted by atomic mass is 16.5. The molecule has 2 aromatic rings. The predicted octanol–water partition coefficient (Wildman–Crippen LogP) is 6.35. The van der Waals surface area contributed by atoms with Crippen LogP contribution in [0.15, 0.2) is 36.4 Å². The maximum absolute atomic E-state index is 11.8. The molecule has 3 aliphatic rings. The first-order chi connectivity index (χ1) is 16.4. The molecule has 1 N–H and O–H groups in total. The standard InChI is InChI=1S/C31H37NO2/c1-20(30(33)34-4)24-11-9-21(10-12-24)5-8-23-17-26(25-13-14-25)29-27(18-23)31(2,3)16-15-28(29)32-19-22-6-7-22/h9-12,17-18,20,22,25,28,32H,6-7,13-16,19H2,1-4H3. The van der Waals surface area contributed by atoms with E-state index >= 15 is 0 Å². The quantitative estimate of drug-likeness (QED) is 0.407. The molecule has 3 heteroatoms.